The molecule has 0 aromatic rings. The van der Waals surface area contributed by atoms with Crippen molar-refractivity contribution in [3.8, 4) is 0 Å². The molecule has 1 unspecified atom stereocenters. The maximum Gasteiger partial charge on any atom is 0.259 e. The number of carbonyl (C=O) groups is 1. The van der Waals surface area contributed by atoms with Gasteiger partial charge in [-0.25, -0.2) is 4.39 Å². The predicted octanol–water partition coefficient (Wildman–Crippen LogP) is 1.07. The minimum Gasteiger partial charge on any atom is -0.336 e. The molecular weight excluding hydrogens is 183 g/mol. The average Bonchev–Trinajstić information content (AvgIpc) is 2.15. The number of carbonyl (C=O) groups excluding carboxylic acids is 1. The van der Waals surface area contributed by atoms with E-state index in [1.807, 2.05) is 0 Å². The van der Waals surface area contributed by atoms with Gasteiger partial charge in [-0.3, -0.25) is 4.79 Å². The molecule has 1 heterocycles. The highest BCUT2D eigenvalue weighted by Crippen LogP contribution is 2.21. The van der Waals surface area contributed by atoms with Crippen LogP contribution >= 0.6 is 0 Å². The maximum absolute atomic E-state index is 13.4. The summed E-state index contributed by atoms with van der Waals surface area (Å²) in [7, 11) is 0. The molecule has 0 aliphatic carbocycles. The van der Waals surface area contributed by atoms with Crippen molar-refractivity contribution in [1.82, 2.24) is 4.90 Å². The molecule has 3 nitrogen and oxygen atoms in total. The first-order valence-electron chi connectivity index (χ1n) is 5.17. The number of piperidine rings is 1. The standard InChI is InChI=1S/C10H19FN2O/c1-10(2,11)9(14)13-6-4-3-5-8(13)7-12/h8H,3-7,12H2,1-2H3. The number of hydrogen-bond donors (Lipinski definition) is 1. The average molecular weight is 202 g/mol. The highest BCUT2D eigenvalue weighted by atomic mass is 19.1. The number of rotatable bonds is 2. The first kappa shape index (κ1) is 11.4. The van der Waals surface area contributed by atoms with Gasteiger partial charge < -0.3 is 10.6 Å². The Morgan fingerprint density at radius 1 is 1.57 bits per heavy atom. The lowest BCUT2D eigenvalue weighted by atomic mass is 9.99. The predicted molar refractivity (Wildman–Crippen MR) is 53.6 cm³/mol. The highest BCUT2D eigenvalue weighted by molar-refractivity contribution is 5.84. The van der Waals surface area contributed by atoms with E-state index in [1.165, 1.54) is 13.8 Å². The normalized spacial score (nSPS) is 23.7. The van der Waals surface area contributed by atoms with Crippen LogP contribution in [0.4, 0.5) is 4.39 Å². The summed E-state index contributed by atoms with van der Waals surface area (Å²) in [5, 5.41) is 0. The smallest absolute Gasteiger partial charge is 0.259 e. The van der Waals surface area contributed by atoms with E-state index in [9.17, 15) is 9.18 Å². The second-order valence-electron chi connectivity index (χ2n) is 4.36. The molecule has 2 N–H and O–H groups in total. The molecule has 1 atom stereocenters. The van der Waals surface area contributed by atoms with Gasteiger partial charge in [0.2, 0.25) is 0 Å². The Bertz CT molecular complexity index is 213. The quantitative estimate of drug-likeness (QED) is 0.728. The molecule has 1 aliphatic rings. The first-order chi connectivity index (χ1) is 6.46. The molecule has 0 aromatic carbocycles. The van der Waals surface area contributed by atoms with Gasteiger partial charge in [0.25, 0.3) is 5.91 Å². The van der Waals surface area contributed by atoms with Crippen molar-refractivity contribution in [3.05, 3.63) is 0 Å². The number of halogens is 1. The van der Waals surface area contributed by atoms with Crippen LogP contribution in [0.2, 0.25) is 0 Å². The number of alkyl halides is 1. The van der Waals surface area contributed by atoms with Crippen LogP contribution in [0, 0.1) is 0 Å². The molecule has 0 aromatic heterocycles. The fourth-order valence-corrected chi connectivity index (χ4v) is 1.85. The summed E-state index contributed by atoms with van der Waals surface area (Å²) >= 11 is 0. The molecule has 82 valence electrons. The van der Waals surface area contributed by atoms with Gasteiger partial charge in [0.05, 0.1) is 0 Å². The lowest BCUT2D eigenvalue weighted by molar-refractivity contribution is -0.145. The van der Waals surface area contributed by atoms with Gasteiger partial charge in [-0.1, -0.05) is 0 Å². The van der Waals surface area contributed by atoms with Crippen molar-refractivity contribution in [2.75, 3.05) is 13.1 Å². The third-order valence-corrected chi connectivity index (χ3v) is 2.67. The van der Waals surface area contributed by atoms with Crippen molar-refractivity contribution in [2.45, 2.75) is 44.8 Å². The summed E-state index contributed by atoms with van der Waals surface area (Å²) in [6.07, 6.45) is 2.94. The topological polar surface area (TPSA) is 46.3 Å². The molecular formula is C10H19FN2O. The van der Waals surface area contributed by atoms with E-state index in [0.29, 0.717) is 13.1 Å². The lowest BCUT2D eigenvalue weighted by Crippen LogP contribution is -2.52. The van der Waals surface area contributed by atoms with Crippen molar-refractivity contribution < 1.29 is 9.18 Å². The van der Waals surface area contributed by atoms with E-state index in [-0.39, 0.29) is 6.04 Å². The van der Waals surface area contributed by atoms with E-state index in [0.717, 1.165) is 19.3 Å². The third-order valence-electron chi connectivity index (χ3n) is 2.67. The monoisotopic (exact) mass is 202 g/mol. The van der Waals surface area contributed by atoms with Gasteiger partial charge in [0.15, 0.2) is 5.67 Å². The molecule has 0 radical (unpaired) electrons. The zero-order valence-corrected chi connectivity index (χ0v) is 8.92. The number of likely N-dealkylation sites (tertiary alicyclic amines) is 1. The van der Waals surface area contributed by atoms with Crippen LogP contribution in [0.3, 0.4) is 0 Å². The van der Waals surface area contributed by atoms with Crippen molar-refractivity contribution >= 4 is 5.91 Å². The van der Waals surface area contributed by atoms with Gasteiger partial charge in [0, 0.05) is 19.1 Å². The Labute approximate surface area is 84.4 Å². The molecule has 0 spiro atoms. The molecule has 0 saturated carbocycles. The Morgan fingerprint density at radius 2 is 2.21 bits per heavy atom. The highest BCUT2D eigenvalue weighted by Gasteiger charge is 2.35. The third kappa shape index (κ3) is 2.44. The van der Waals surface area contributed by atoms with Crippen molar-refractivity contribution in [1.29, 1.82) is 0 Å². The number of nitrogens with zero attached hydrogens (tertiary/aromatic N) is 1. The van der Waals surface area contributed by atoms with Gasteiger partial charge in [-0.05, 0) is 33.1 Å². The number of nitrogens with two attached hydrogens (primary N) is 1. The summed E-state index contributed by atoms with van der Waals surface area (Å²) in [6, 6.07) is 0.0336. The van der Waals surface area contributed by atoms with Crippen molar-refractivity contribution in [2.24, 2.45) is 5.73 Å². The summed E-state index contributed by atoms with van der Waals surface area (Å²) in [5.41, 5.74) is 3.79. The van der Waals surface area contributed by atoms with Crippen LogP contribution in [0.1, 0.15) is 33.1 Å². The minimum absolute atomic E-state index is 0.0336. The van der Waals surface area contributed by atoms with E-state index >= 15 is 0 Å². The molecule has 1 aliphatic heterocycles. The Balaban J connectivity index is 2.69. The van der Waals surface area contributed by atoms with Crippen LogP contribution in [-0.2, 0) is 4.79 Å². The van der Waals surface area contributed by atoms with E-state index in [2.05, 4.69) is 0 Å². The fourth-order valence-electron chi connectivity index (χ4n) is 1.85. The second-order valence-corrected chi connectivity index (χ2v) is 4.36. The first-order valence-corrected chi connectivity index (χ1v) is 5.17. The van der Waals surface area contributed by atoms with Crippen LogP contribution in [0.5, 0.6) is 0 Å². The Kier molecular flexibility index (Phi) is 3.48. The fraction of sp³-hybridized carbons (Fsp3) is 0.900. The van der Waals surface area contributed by atoms with Gasteiger partial charge in [0.1, 0.15) is 0 Å². The summed E-state index contributed by atoms with van der Waals surface area (Å²) in [6.45, 7) is 3.69. The van der Waals surface area contributed by atoms with Gasteiger partial charge in [-0.2, -0.15) is 0 Å². The molecule has 0 bridgehead atoms. The second kappa shape index (κ2) is 4.26. The molecule has 14 heavy (non-hydrogen) atoms. The van der Waals surface area contributed by atoms with Gasteiger partial charge >= 0.3 is 0 Å². The van der Waals surface area contributed by atoms with Crippen LogP contribution in [0.15, 0.2) is 0 Å². The molecule has 1 rings (SSSR count). The van der Waals surface area contributed by atoms with E-state index in [4.69, 9.17) is 5.73 Å². The summed E-state index contributed by atoms with van der Waals surface area (Å²) in [4.78, 5) is 13.3. The Hall–Kier alpha value is -0.640. The zero-order valence-electron chi connectivity index (χ0n) is 8.92. The van der Waals surface area contributed by atoms with Gasteiger partial charge in [-0.15, -0.1) is 0 Å². The zero-order chi connectivity index (χ0) is 10.8. The van der Waals surface area contributed by atoms with Crippen LogP contribution in [-0.4, -0.2) is 35.6 Å². The lowest BCUT2D eigenvalue weighted by Gasteiger charge is -2.37. The molecule has 1 fully saturated rings. The van der Waals surface area contributed by atoms with E-state index in [1.54, 1.807) is 4.90 Å². The maximum atomic E-state index is 13.4. The SMILES string of the molecule is CC(C)(F)C(=O)N1CCCCC1CN. The summed E-state index contributed by atoms with van der Waals surface area (Å²) in [5.74, 6) is -0.423. The Morgan fingerprint density at radius 3 is 2.71 bits per heavy atom. The van der Waals surface area contributed by atoms with Crippen molar-refractivity contribution in [3.63, 3.8) is 0 Å². The molecule has 1 saturated heterocycles. The molecule has 4 heteroatoms. The number of hydrogen-bond acceptors (Lipinski definition) is 2. The van der Waals surface area contributed by atoms with Crippen LogP contribution < -0.4 is 5.73 Å². The number of amides is 1. The summed E-state index contributed by atoms with van der Waals surface area (Å²) < 4.78 is 13.4. The largest absolute Gasteiger partial charge is 0.336 e. The minimum atomic E-state index is -1.77. The molecule has 1 amide bonds. The van der Waals surface area contributed by atoms with Crippen LogP contribution in [0.25, 0.3) is 0 Å². The van der Waals surface area contributed by atoms with E-state index < -0.39 is 11.6 Å².